The zero-order chi connectivity index (χ0) is 28.2. The van der Waals surface area contributed by atoms with Gasteiger partial charge in [0.15, 0.2) is 5.65 Å². The van der Waals surface area contributed by atoms with Crippen molar-refractivity contribution in [2.24, 2.45) is 7.05 Å². The monoisotopic (exact) mass is 560 g/mol. The van der Waals surface area contributed by atoms with E-state index in [4.69, 9.17) is 19.4 Å². The Balaban J connectivity index is 1.52. The first-order chi connectivity index (χ1) is 19.1. The lowest BCUT2D eigenvalue weighted by Gasteiger charge is -2.16. The van der Waals surface area contributed by atoms with Crippen LogP contribution in [0.2, 0.25) is 25.7 Å². The standard InChI is InChI=1S/C29H36N6O4Si/c1-32-17-23(22-12-21(38-2)6-7-24(22)32)25-13-26-28(34(25)18-39-10-11-40(3,4)5)31-15-20-14-30-27(35(20)26)19-8-9-33(16-19)29(36)37/h6-7,12-15,17,19H,8-11,16,18H2,1-5H3,(H,36,37). The van der Waals surface area contributed by atoms with Crippen molar-refractivity contribution < 1.29 is 19.4 Å². The van der Waals surface area contributed by atoms with Crippen LogP contribution < -0.4 is 4.74 Å². The van der Waals surface area contributed by atoms with Crippen molar-refractivity contribution in [2.75, 3.05) is 26.8 Å². The lowest BCUT2D eigenvalue weighted by Crippen LogP contribution is -2.26. The van der Waals surface area contributed by atoms with Gasteiger partial charge in [-0.3, -0.25) is 8.97 Å². The summed E-state index contributed by atoms with van der Waals surface area (Å²) in [6, 6.07) is 9.38. The lowest BCUT2D eigenvalue weighted by molar-refractivity contribution is 0.0909. The highest BCUT2D eigenvalue weighted by Crippen LogP contribution is 2.37. The third-order valence-corrected chi connectivity index (χ3v) is 9.64. The number of carboxylic acid groups (broad SMARTS) is 1. The van der Waals surface area contributed by atoms with Crippen LogP contribution in [0.5, 0.6) is 5.75 Å². The zero-order valence-electron chi connectivity index (χ0n) is 23.7. The number of likely N-dealkylation sites (tertiary alicyclic amines) is 1. The predicted octanol–water partition coefficient (Wildman–Crippen LogP) is 5.63. The van der Waals surface area contributed by atoms with Crippen LogP contribution in [-0.2, 0) is 18.5 Å². The molecule has 0 saturated carbocycles. The second-order valence-electron chi connectivity index (χ2n) is 11.9. The molecule has 0 bridgehead atoms. The van der Waals surface area contributed by atoms with Gasteiger partial charge in [0.05, 0.1) is 36.2 Å². The number of aromatic nitrogens is 5. The first-order valence-corrected chi connectivity index (χ1v) is 17.4. The molecule has 4 aromatic heterocycles. The molecule has 1 unspecified atom stereocenters. The Morgan fingerprint density at radius 3 is 2.67 bits per heavy atom. The smallest absolute Gasteiger partial charge is 0.407 e. The normalized spacial score (nSPS) is 16.1. The van der Waals surface area contributed by atoms with Crippen molar-refractivity contribution in [3.8, 4) is 17.0 Å². The summed E-state index contributed by atoms with van der Waals surface area (Å²) in [5.41, 5.74) is 5.80. The Hall–Kier alpha value is -3.83. The number of rotatable bonds is 8. The van der Waals surface area contributed by atoms with E-state index in [9.17, 15) is 9.90 Å². The molecule has 5 heterocycles. The van der Waals surface area contributed by atoms with Crippen LogP contribution in [0.4, 0.5) is 4.79 Å². The van der Waals surface area contributed by atoms with Gasteiger partial charge in [-0.25, -0.2) is 14.8 Å². The van der Waals surface area contributed by atoms with Crippen molar-refractivity contribution in [3.63, 3.8) is 0 Å². The number of carbonyl (C=O) groups is 1. The van der Waals surface area contributed by atoms with E-state index in [-0.39, 0.29) is 5.92 Å². The Morgan fingerprint density at radius 2 is 1.95 bits per heavy atom. The number of hydrogen-bond acceptors (Lipinski definition) is 5. The van der Waals surface area contributed by atoms with Gasteiger partial charge in [-0.15, -0.1) is 0 Å². The first kappa shape index (κ1) is 26.4. The fourth-order valence-corrected chi connectivity index (χ4v) is 6.47. The largest absolute Gasteiger partial charge is 0.497 e. The number of methoxy groups -OCH3 is 1. The van der Waals surface area contributed by atoms with Gasteiger partial charge in [-0.05, 0) is 36.7 Å². The van der Waals surface area contributed by atoms with Gasteiger partial charge >= 0.3 is 6.09 Å². The average molecular weight is 561 g/mol. The number of nitrogens with zero attached hydrogens (tertiary/aromatic N) is 6. The van der Waals surface area contributed by atoms with Crippen molar-refractivity contribution >= 4 is 41.8 Å². The van der Waals surface area contributed by atoms with Crippen molar-refractivity contribution in [1.82, 2.24) is 28.4 Å². The van der Waals surface area contributed by atoms with E-state index >= 15 is 0 Å². The van der Waals surface area contributed by atoms with Crippen molar-refractivity contribution in [1.29, 1.82) is 0 Å². The zero-order valence-corrected chi connectivity index (χ0v) is 24.7. The summed E-state index contributed by atoms with van der Waals surface area (Å²) in [6.07, 6.45) is 5.67. The van der Waals surface area contributed by atoms with Gasteiger partial charge in [0.1, 0.15) is 18.3 Å². The second-order valence-corrected chi connectivity index (χ2v) is 17.5. The van der Waals surface area contributed by atoms with E-state index in [1.54, 1.807) is 7.11 Å². The van der Waals surface area contributed by atoms with Gasteiger partial charge in [0.2, 0.25) is 0 Å². The average Bonchev–Trinajstić information content (AvgIpc) is 3.69. The molecule has 1 fully saturated rings. The molecule has 5 aromatic rings. The maximum Gasteiger partial charge on any atom is 0.407 e. The number of fused-ring (bicyclic) bond motifs is 4. The Bertz CT molecular complexity index is 1730. The summed E-state index contributed by atoms with van der Waals surface area (Å²) < 4.78 is 18.3. The Morgan fingerprint density at radius 1 is 1.15 bits per heavy atom. The van der Waals surface area contributed by atoms with Gasteiger partial charge in [0.25, 0.3) is 0 Å². The minimum atomic E-state index is -1.24. The molecule has 10 nitrogen and oxygen atoms in total. The van der Waals surface area contributed by atoms with Crippen LogP contribution in [0.25, 0.3) is 38.8 Å². The molecule has 1 atom stereocenters. The maximum atomic E-state index is 11.6. The molecule has 1 aliphatic rings. The highest BCUT2D eigenvalue weighted by Gasteiger charge is 2.31. The Kier molecular flexibility index (Phi) is 6.58. The van der Waals surface area contributed by atoms with E-state index in [0.717, 1.165) is 62.9 Å². The summed E-state index contributed by atoms with van der Waals surface area (Å²) in [7, 11) is 2.49. The molecule has 6 rings (SSSR count). The predicted molar refractivity (Wildman–Crippen MR) is 158 cm³/mol. The summed E-state index contributed by atoms with van der Waals surface area (Å²) in [4.78, 5) is 22.7. The summed E-state index contributed by atoms with van der Waals surface area (Å²) >= 11 is 0. The van der Waals surface area contributed by atoms with Gasteiger partial charge in [-0.1, -0.05) is 19.6 Å². The van der Waals surface area contributed by atoms with Crippen LogP contribution in [0.1, 0.15) is 18.2 Å². The second kappa shape index (κ2) is 9.97. The molecule has 40 heavy (non-hydrogen) atoms. The number of hydrogen-bond donors (Lipinski definition) is 1. The lowest BCUT2D eigenvalue weighted by atomic mass is 10.1. The quantitative estimate of drug-likeness (QED) is 0.195. The van der Waals surface area contributed by atoms with Crippen molar-refractivity contribution in [2.45, 2.75) is 44.8 Å². The summed E-state index contributed by atoms with van der Waals surface area (Å²) in [6.45, 7) is 9.08. The van der Waals surface area contributed by atoms with Crippen LogP contribution in [0.15, 0.2) is 42.9 Å². The van der Waals surface area contributed by atoms with Gasteiger partial charge in [-0.2, -0.15) is 0 Å². The van der Waals surface area contributed by atoms with E-state index in [0.29, 0.717) is 26.4 Å². The summed E-state index contributed by atoms with van der Waals surface area (Å²) in [5, 5.41) is 10.6. The fourth-order valence-electron chi connectivity index (χ4n) is 5.71. The molecule has 1 aliphatic heterocycles. The molecule has 1 saturated heterocycles. The van der Waals surface area contributed by atoms with Gasteiger partial charge in [0, 0.05) is 63.4 Å². The van der Waals surface area contributed by atoms with E-state index in [1.807, 2.05) is 18.5 Å². The molecule has 1 aromatic carbocycles. The topological polar surface area (TPSA) is 99.1 Å². The molecular formula is C29H36N6O4Si. The molecule has 210 valence electrons. The minimum Gasteiger partial charge on any atom is -0.497 e. The van der Waals surface area contributed by atoms with Crippen LogP contribution in [0, 0.1) is 0 Å². The van der Waals surface area contributed by atoms with Gasteiger partial charge < -0.3 is 24.0 Å². The number of amides is 1. The van der Waals surface area contributed by atoms with Crippen LogP contribution in [-0.4, -0.2) is 74.5 Å². The van der Waals surface area contributed by atoms with Crippen LogP contribution in [0.3, 0.4) is 0 Å². The summed E-state index contributed by atoms with van der Waals surface area (Å²) in [5.74, 6) is 1.69. The molecule has 0 aliphatic carbocycles. The molecule has 1 amide bonds. The van der Waals surface area contributed by atoms with E-state index < -0.39 is 14.2 Å². The highest BCUT2D eigenvalue weighted by atomic mass is 28.3. The number of benzene rings is 1. The number of ether oxygens (including phenoxy) is 2. The highest BCUT2D eigenvalue weighted by molar-refractivity contribution is 6.76. The number of imidazole rings is 1. The molecule has 0 radical (unpaired) electrons. The third-order valence-electron chi connectivity index (χ3n) is 7.94. The van der Waals surface area contributed by atoms with E-state index in [2.05, 4.69) is 64.6 Å². The van der Waals surface area contributed by atoms with Crippen LogP contribution >= 0.6 is 0 Å². The molecular weight excluding hydrogens is 524 g/mol. The third kappa shape index (κ3) is 4.62. The van der Waals surface area contributed by atoms with E-state index in [1.165, 1.54) is 4.90 Å². The molecule has 1 N–H and O–H groups in total. The minimum absolute atomic E-state index is 0.0193. The Labute approximate surface area is 233 Å². The molecule has 0 spiro atoms. The number of aryl methyl sites for hydroxylation is 1. The SMILES string of the molecule is COc1ccc2c(c1)c(-c1cc3c(ncc4cnc(C5CCN(C(=O)O)C5)n43)n1COCC[Si](C)(C)C)cn2C. The first-order valence-electron chi connectivity index (χ1n) is 13.7. The fraction of sp³-hybridized carbons (Fsp3) is 0.414. The maximum absolute atomic E-state index is 11.6. The molecule has 11 heteroatoms. The van der Waals surface area contributed by atoms with Crippen molar-refractivity contribution in [3.05, 3.63) is 48.7 Å².